The van der Waals surface area contributed by atoms with Gasteiger partial charge in [0.05, 0.1) is 6.54 Å². The maximum absolute atomic E-state index is 12.0. The monoisotopic (exact) mass is 312 g/mol. The minimum absolute atomic E-state index is 0.0208. The van der Waals surface area contributed by atoms with Crippen molar-refractivity contribution in [3.05, 3.63) is 46.0 Å². The molecule has 0 atom stereocenters. The van der Waals surface area contributed by atoms with Gasteiger partial charge < -0.3 is 4.90 Å². The molecule has 2 rings (SSSR count). The van der Waals surface area contributed by atoms with Gasteiger partial charge in [0.25, 0.3) is 0 Å². The topological polar surface area (TPSA) is 61.9 Å². The summed E-state index contributed by atoms with van der Waals surface area (Å²) in [6.07, 6.45) is 2.38. The van der Waals surface area contributed by atoms with Crippen molar-refractivity contribution in [1.82, 2.24) is 20.1 Å². The molecule has 0 radical (unpaired) electrons. The molecule has 0 bridgehead atoms. The number of aryl methyl sites for hydroxylation is 1. The van der Waals surface area contributed by atoms with Gasteiger partial charge >= 0.3 is 0 Å². The van der Waals surface area contributed by atoms with E-state index in [4.69, 9.17) is 23.2 Å². The first-order valence-electron chi connectivity index (χ1n) is 6.08. The number of aromatic amines is 1. The second kappa shape index (κ2) is 6.72. The fourth-order valence-electron chi connectivity index (χ4n) is 1.78. The van der Waals surface area contributed by atoms with E-state index in [0.29, 0.717) is 35.3 Å². The van der Waals surface area contributed by atoms with E-state index in [0.717, 1.165) is 5.56 Å². The molecule has 2 aromatic rings. The minimum atomic E-state index is 0.0208. The van der Waals surface area contributed by atoms with Crippen molar-refractivity contribution in [3.8, 4) is 0 Å². The maximum Gasteiger partial charge on any atom is 0.223 e. The molecule has 1 aromatic carbocycles. The van der Waals surface area contributed by atoms with Gasteiger partial charge in [0.2, 0.25) is 5.91 Å². The van der Waals surface area contributed by atoms with Crippen molar-refractivity contribution in [2.45, 2.75) is 19.4 Å². The Labute approximate surface area is 126 Å². The molecule has 0 aliphatic carbocycles. The molecule has 0 saturated heterocycles. The lowest BCUT2D eigenvalue weighted by atomic mass is 10.1. The molecule has 0 saturated carbocycles. The highest BCUT2D eigenvalue weighted by Crippen LogP contribution is 2.22. The fraction of sp³-hybridized carbons (Fsp3) is 0.308. The lowest BCUT2D eigenvalue weighted by Gasteiger charge is -2.15. The highest BCUT2D eigenvalue weighted by molar-refractivity contribution is 6.35. The molecule has 1 heterocycles. The largest absolute Gasteiger partial charge is 0.338 e. The van der Waals surface area contributed by atoms with Gasteiger partial charge in [-0.1, -0.05) is 29.3 Å². The predicted octanol–water partition coefficient (Wildman–Crippen LogP) is 2.70. The number of carbonyl (C=O) groups excluding carboxylic acids is 1. The van der Waals surface area contributed by atoms with Gasteiger partial charge in [-0.2, -0.15) is 5.10 Å². The van der Waals surface area contributed by atoms with E-state index in [1.807, 2.05) is 6.07 Å². The normalized spacial score (nSPS) is 10.6. The molecule has 7 heteroatoms. The zero-order valence-corrected chi connectivity index (χ0v) is 12.4. The van der Waals surface area contributed by atoms with Crippen molar-refractivity contribution in [2.24, 2.45) is 0 Å². The molecule has 0 fully saturated rings. The summed E-state index contributed by atoms with van der Waals surface area (Å²) in [6, 6.07) is 5.29. The SMILES string of the molecule is CN(Cc1ncn[nH]1)C(=O)CCc1ccc(Cl)cc1Cl. The Balaban J connectivity index is 1.88. The lowest BCUT2D eigenvalue weighted by molar-refractivity contribution is -0.130. The third-order valence-electron chi connectivity index (χ3n) is 2.90. The first-order chi connectivity index (χ1) is 9.56. The molecule has 0 spiro atoms. The molecule has 0 aliphatic heterocycles. The van der Waals surface area contributed by atoms with Crippen LogP contribution in [0.15, 0.2) is 24.5 Å². The van der Waals surface area contributed by atoms with E-state index in [1.54, 1.807) is 24.1 Å². The lowest BCUT2D eigenvalue weighted by Crippen LogP contribution is -2.26. The Morgan fingerprint density at radius 2 is 2.20 bits per heavy atom. The summed E-state index contributed by atoms with van der Waals surface area (Å²) in [7, 11) is 1.73. The molecule has 1 aromatic heterocycles. The van der Waals surface area contributed by atoms with Crippen LogP contribution >= 0.6 is 23.2 Å². The number of halogens is 2. The summed E-state index contributed by atoms with van der Waals surface area (Å²) in [5.41, 5.74) is 0.914. The first kappa shape index (κ1) is 14.8. The Bertz CT molecular complexity index is 586. The van der Waals surface area contributed by atoms with Crippen LogP contribution < -0.4 is 0 Å². The molecule has 20 heavy (non-hydrogen) atoms. The number of hydrogen-bond donors (Lipinski definition) is 1. The minimum Gasteiger partial charge on any atom is -0.338 e. The van der Waals surface area contributed by atoms with Crippen molar-refractivity contribution in [2.75, 3.05) is 7.05 Å². The van der Waals surface area contributed by atoms with Crippen LogP contribution in [0, 0.1) is 0 Å². The molecule has 106 valence electrons. The number of hydrogen-bond acceptors (Lipinski definition) is 3. The fourth-order valence-corrected chi connectivity index (χ4v) is 2.28. The number of amides is 1. The molecule has 0 unspecified atom stereocenters. The van der Waals surface area contributed by atoms with Gasteiger partial charge in [0.15, 0.2) is 0 Å². The Hall–Kier alpha value is -1.59. The van der Waals surface area contributed by atoms with Gasteiger partial charge in [-0.15, -0.1) is 0 Å². The van der Waals surface area contributed by atoms with E-state index in [1.165, 1.54) is 6.33 Å². The van der Waals surface area contributed by atoms with E-state index in [2.05, 4.69) is 15.2 Å². The highest BCUT2D eigenvalue weighted by atomic mass is 35.5. The number of H-pyrrole nitrogens is 1. The van der Waals surface area contributed by atoms with Gasteiger partial charge in [0, 0.05) is 23.5 Å². The first-order valence-corrected chi connectivity index (χ1v) is 6.84. The van der Waals surface area contributed by atoms with E-state index in [9.17, 15) is 4.79 Å². The van der Waals surface area contributed by atoms with Crippen molar-refractivity contribution < 1.29 is 4.79 Å². The summed E-state index contributed by atoms with van der Waals surface area (Å²) in [6.45, 7) is 0.410. The van der Waals surface area contributed by atoms with E-state index in [-0.39, 0.29) is 5.91 Å². The molecule has 1 amide bonds. The van der Waals surface area contributed by atoms with E-state index < -0.39 is 0 Å². The Kier molecular flexibility index (Phi) is 4.98. The van der Waals surface area contributed by atoms with Gasteiger partial charge in [-0.3, -0.25) is 9.89 Å². The highest BCUT2D eigenvalue weighted by Gasteiger charge is 2.12. The van der Waals surface area contributed by atoms with Crippen LogP contribution in [0.5, 0.6) is 0 Å². The van der Waals surface area contributed by atoms with Crippen LogP contribution in [-0.4, -0.2) is 33.0 Å². The number of nitrogens with zero attached hydrogens (tertiary/aromatic N) is 3. The molecule has 0 aliphatic rings. The third-order valence-corrected chi connectivity index (χ3v) is 3.49. The molecule has 5 nitrogen and oxygen atoms in total. The summed E-state index contributed by atoms with van der Waals surface area (Å²) >= 11 is 11.9. The quantitative estimate of drug-likeness (QED) is 0.923. The van der Waals surface area contributed by atoms with E-state index >= 15 is 0 Å². The molecular weight excluding hydrogens is 299 g/mol. The number of nitrogens with one attached hydrogen (secondary N) is 1. The smallest absolute Gasteiger partial charge is 0.223 e. The van der Waals surface area contributed by atoms with Crippen LogP contribution in [0.3, 0.4) is 0 Å². The summed E-state index contributed by atoms with van der Waals surface area (Å²) < 4.78 is 0. The van der Waals surface area contributed by atoms with Crippen molar-refractivity contribution in [1.29, 1.82) is 0 Å². The maximum atomic E-state index is 12.0. The number of aromatic nitrogens is 3. The number of benzene rings is 1. The Morgan fingerprint density at radius 3 is 2.85 bits per heavy atom. The summed E-state index contributed by atoms with van der Waals surface area (Å²) in [4.78, 5) is 17.6. The summed E-state index contributed by atoms with van der Waals surface area (Å²) in [5, 5.41) is 7.64. The third kappa shape index (κ3) is 3.95. The van der Waals surface area contributed by atoms with Crippen LogP contribution in [0.1, 0.15) is 17.8 Å². The molecule has 1 N–H and O–H groups in total. The van der Waals surface area contributed by atoms with Gasteiger partial charge in [-0.05, 0) is 24.1 Å². The van der Waals surface area contributed by atoms with Gasteiger partial charge in [0.1, 0.15) is 12.2 Å². The predicted molar refractivity (Wildman–Crippen MR) is 77.6 cm³/mol. The summed E-state index contributed by atoms with van der Waals surface area (Å²) in [5.74, 6) is 0.679. The standard InChI is InChI=1S/C13H14Cl2N4O/c1-19(7-12-16-8-17-18-12)13(20)5-3-9-2-4-10(14)6-11(9)15/h2,4,6,8H,3,5,7H2,1H3,(H,16,17,18). The van der Waals surface area contributed by atoms with Crippen molar-refractivity contribution in [3.63, 3.8) is 0 Å². The second-order valence-electron chi connectivity index (χ2n) is 4.42. The number of rotatable bonds is 5. The van der Waals surface area contributed by atoms with Crippen LogP contribution in [0.4, 0.5) is 0 Å². The van der Waals surface area contributed by atoms with Gasteiger partial charge in [-0.25, -0.2) is 4.98 Å². The average Bonchev–Trinajstić information content (AvgIpc) is 2.90. The second-order valence-corrected chi connectivity index (χ2v) is 5.26. The van der Waals surface area contributed by atoms with Crippen molar-refractivity contribution >= 4 is 29.1 Å². The van der Waals surface area contributed by atoms with Crippen LogP contribution in [-0.2, 0) is 17.8 Å². The average molecular weight is 313 g/mol. The van der Waals surface area contributed by atoms with Crippen LogP contribution in [0.2, 0.25) is 10.0 Å². The Morgan fingerprint density at radius 1 is 1.40 bits per heavy atom. The molecular formula is C13H14Cl2N4O. The number of carbonyl (C=O) groups is 1. The van der Waals surface area contributed by atoms with Crippen LogP contribution in [0.25, 0.3) is 0 Å². The zero-order chi connectivity index (χ0) is 14.5. The zero-order valence-electron chi connectivity index (χ0n) is 10.9.